The lowest BCUT2D eigenvalue weighted by atomic mass is 10.1. The van der Waals surface area contributed by atoms with Crippen LogP contribution in [0.15, 0.2) is 0 Å². The van der Waals surface area contributed by atoms with E-state index in [4.69, 9.17) is 5.11 Å². The highest BCUT2D eigenvalue weighted by Crippen LogP contribution is 2.10. The number of carboxylic acids is 1. The first kappa shape index (κ1) is 12.4. The molecule has 0 fully saturated rings. The predicted molar refractivity (Wildman–Crippen MR) is 53.8 cm³/mol. The van der Waals surface area contributed by atoms with Gasteiger partial charge in [0, 0.05) is 18.5 Å². The highest BCUT2D eigenvalue weighted by molar-refractivity contribution is 5.66. The minimum absolute atomic E-state index is 0.266. The Morgan fingerprint density at radius 2 is 1.92 bits per heavy atom. The van der Waals surface area contributed by atoms with Gasteiger partial charge in [-0.15, -0.1) is 0 Å². The van der Waals surface area contributed by atoms with Crippen LogP contribution in [0.3, 0.4) is 0 Å². The van der Waals surface area contributed by atoms with Crippen LogP contribution < -0.4 is 0 Å². The molecule has 0 saturated carbocycles. The molecule has 3 heteroatoms. The summed E-state index contributed by atoms with van der Waals surface area (Å²) in [5.41, 5.74) is 0. The minimum Gasteiger partial charge on any atom is -0.481 e. The van der Waals surface area contributed by atoms with Gasteiger partial charge in [-0.3, -0.25) is 4.79 Å². The molecular formula is C10H21NO2. The van der Waals surface area contributed by atoms with Crippen LogP contribution in [-0.2, 0) is 4.79 Å². The van der Waals surface area contributed by atoms with E-state index in [1.54, 1.807) is 0 Å². The van der Waals surface area contributed by atoms with E-state index in [0.29, 0.717) is 12.1 Å². The van der Waals surface area contributed by atoms with Crippen LogP contribution in [0.5, 0.6) is 0 Å². The summed E-state index contributed by atoms with van der Waals surface area (Å²) in [6.45, 7) is 6.39. The molecule has 0 heterocycles. The molecule has 0 radical (unpaired) electrons. The standard InChI is InChI=1S/C10H21NO2/c1-5-8(2)11(4)9(3)6-7-10(12)13/h8-9H,5-7H2,1-4H3,(H,12,13). The third-order valence-electron chi connectivity index (χ3n) is 2.76. The zero-order valence-electron chi connectivity index (χ0n) is 9.08. The molecule has 0 aromatic heterocycles. The van der Waals surface area contributed by atoms with Gasteiger partial charge in [-0.25, -0.2) is 0 Å². The van der Waals surface area contributed by atoms with Crippen molar-refractivity contribution in [2.45, 2.75) is 52.1 Å². The molecule has 0 aromatic rings. The second-order valence-electron chi connectivity index (χ2n) is 3.70. The summed E-state index contributed by atoms with van der Waals surface area (Å²) in [7, 11) is 2.06. The summed E-state index contributed by atoms with van der Waals surface area (Å²) in [6.07, 6.45) is 2.10. The molecule has 2 atom stereocenters. The number of hydrogen-bond acceptors (Lipinski definition) is 2. The van der Waals surface area contributed by atoms with Crippen molar-refractivity contribution >= 4 is 5.97 Å². The largest absolute Gasteiger partial charge is 0.481 e. The third kappa shape index (κ3) is 4.88. The smallest absolute Gasteiger partial charge is 0.303 e. The highest BCUT2D eigenvalue weighted by Gasteiger charge is 2.14. The van der Waals surface area contributed by atoms with E-state index in [-0.39, 0.29) is 6.42 Å². The van der Waals surface area contributed by atoms with Crippen molar-refractivity contribution in [3.63, 3.8) is 0 Å². The summed E-state index contributed by atoms with van der Waals surface area (Å²) >= 11 is 0. The topological polar surface area (TPSA) is 40.5 Å². The Hall–Kier alpha value is -0.570. The molecule has 0 amide bonds. The lowest BCUT2D eigenvalue weighted by Crippen LogP contribution is -2.36. The lowest BCUT2D eigenvalue weighted by molar-refractivity contribution is -0.137. The van der Waals surface area contributed by atoms with E-state index >= 15 is 0 Å². The number of hydrogen-bond donors (Lipinski definition) is 1. The minimum atomic E-state index is -0.704. The van der Waals surface area contributed by atoms with Crippen LogP contribution in [0.25, 0.3) is 0 Å². The Kier molecular flexibility index (Phi) is 5.71. The monoisotopic (exact) mass is 187 g/mol. The summed E-state index contributed by atoms with van der Waals surface area (Å²) in [5.74, 6) is -0.704. The van der Waals surface area contributed by atoms with E-state index in [2.05, 4.69) is 32.7 Å². The maximum atomic E-state index is 10.3. The lowest BCUT2D eigenvalue weighted by Gasteiger charge is -2.29. The second-order valence-corrected chi connectivity index (χ2v) is 3.70. The fraction of sp³-hybridized carbons (Fsp3) is 0.900. The summed E-state index contributed by atoms with van der Waals surface area (Å²) in [4.78, 5) is 12.6. The maximum Gasteiger partial charge on any atom is 0.303 e. The highest BCUT2D eigenvalue weighted by atomic mass is 16.4. The van der Waals surface area contributed by atoms with E-state index in [9.17, 15) is 4.79 Å². The Bertz CT molecular complexity index is 159. The second kappa shape index (κ2) is 5.97. The van der Waals surface area contributed by atoms with Gasteiger partial charge in [-0.2, -0.15) is 0 Å². The average Bonchev–Trinajstić information content (AvgIpc) is 2.11. The molecule has 13 heavy (non-hydrogen) atoms. The molecule has 0 spiro atoms. The number of nitrogens with zero attached hydrogens (tertiary/aromatic N) is 1. The average molecular weight is 187 g/mol. The third-order valence-corrected chi connectivity index (χ3v) is 2.76. The molecule has 0 aliphatic rings. The van der Waals surface area contributed by atoms with Crippen molar-refractivity contribution < 1.29 is 9.90 Å². The number of carbonyl (C=O) groups is 1. The number of carboxylic acid groups (broad SMARTS) is 1. The van der Waals surface area contributed by atoms with E-state index in [1.807, 2.05) is 0 Å². The first-order valence-corrected chi connectivity index (χ1v) is 4.92. The maximum absolute atomic E-state index is 10.3. The van der Waals surface area contributed by atoms with Gasteiger partial charge in [-0.1, -0.05) is 6.92 Å². The predicted octanol–water partition coefficient (Wildman–Crippen LogP) is 1.97. The van der Waals surface area contributed by atoms with Crippen molar-refractivity contribution in [2.24, 2.45) is 0 Å². The molecule has 78 valence electrons. The van der Waals surface area contributed by atoms with Crippen molar-refractivity contribution in [3.05, 3.63) is 0 Å². The van der Waals surface area contributed by atoms with Gasteiger partial charge in [0.2, 0.25) is 0 Å². The zero-order chi connectivity index (χ0) is 10.4. The number of aliphatic carboxylic acids is 1. The Morgan fingerprint density at radius 3 is 2.31 bits per heavy atom. The molecule has 0 saturated heterocycles. The first-order chi connectivity index (χ1) is 5.99. The fourth-order valence-corrected chi connectivity index (χ4v) is 1.26. The Labute approximate surface area is 80.7 Å². The van der Waals surface area contributed by atoms with Crippen LogP contribution >= 0.6 is 0 Å². The summed E-state index contributed by atoms with van der Waals surface area (Å²) < 4.78 is 0. The Balaban J connectivity index is 3.81. The summed E-state index contributed by atoms with van der Waals surface area (Å²) in [6, 6.07) is 0.884. The van der Waals surface area contributed by atoms with Gasteiger partial charge in [-0.05, 0) is 33.7 Å². The Morgan fingerprint density at radius 1 is 1.38 bits per heavy atom. The van der Waals surface area contributed by atoms with Crippen LogP contribution in [0.2, 0.25) is 0 Å². The van der Waals surface area contributed by atoms with Gasteiger partial charge in [0.1, 0.15) is 0 Å². The molecule has 0 aromatic carbocycles. The fourth-order valence-electron chi connectivity index (χ4n) is 1.26. The molecular weight excluding hydrogens is 166 g/mol. The van der Waals surface area contributed by atoms with E-state index in [1.165, 1.54) is 0 Å². The van der Waals surface area contributed by atoms with Crippen molar-refractivity contribution in [2.75, 3.05) is 7.05 Å². The van der Waals surface area contributed by atoms with Gasteiger partial charge in [0.15, 0.2) is 0 Å². The molecule has 3 nitrogen and oxygen atoms in total. The van der Waals surface area contributed by atoms with E-state index < -0.39 is 5.97 Å². The molecule has 1 N–H and O–H groups in total. The number of rotatable bonds is 6. The molecule has 0 aliphatic heterocycles. The van der Waals surface area contributed by atoms with Crippen LogP contribution in [0, 0.1) is 0 Å². The summed E-state index contributed by atoms with van der Waals surface area (Å²) in [5, 5.41) is 8.52. The SMILES string of the molecule is CCC(C)N(C)C(C)CCC(=O)O. The van der Waals surface area contributed by atoms with E-state index in [0.717, 1.165) is 12.8 Å². The van der Waals surface area contributed by atoms with Gasteiger partial charge >= 0.3 is 5.97 Å². The molecule has 0 rings (SSSR count). The van der Waals surface area contributed by atoms with Crippen LogP contribution in [0.4, 0.5) is 0 Å². The van der Waals surface area contributed by atoms with Gasteiger partial charge < -0.3 is 10.0 Å². The van der Waals surface area contributed by atoms with Gasteiger partial charge in [0.25, 0.3) is 0 Å². The quantitative estimate of drug-likeness (QED) is 0.691. The van der Waals surface area contributed by atoms with Crippen molar-refractivity contribution in [3.8, 4) is 0 Å². The normalized spacial score (nSPS) is 15.8. The molecule has 2 unspecified atom stereocenters. The van der Waals surface area contributed by atoms with Crippen molar-refractivity contribution in [1.29, 1.82) is 0 Å². The van der Waals surface area contributed by atoms with Crippen LogP contribution in [-0.4, -0.2) is 35.1 Å². The zero-order valence-corrected chi connectivity index (χ0v) is 9.08. The molecule has 0 bridgehead atoms. The molecule has 0 aliphatic carbocycles. The van der Waals surface area contributed by atoms with Crippen LogP contribution in [0.1, 0.15) is 40.0 Å². The first-order valence-electron chi connectivity index (χ1n) is 4.92. The van der Waals surface area contributed by atoms with Gasteiger partial charge in [0.05, 0.1) is 0 Å². The van der Waals surface area contributed by atoms with Crippen molar-refractivity contribution in [1.82, 2.24) is 4.90 Å².